The zero-order chi connectivity index (χ0) is 15.3. The molecule has 1 amide bonds. The molecule has 0 aliphatic heterocycles. The van der Waals surface area contributed by atoms with Crippen LogP contribution in [0.15, 0.2) is 12.1 Å². The highest BCUT2D eigenvalue weighted by Gasteiger charge is 2.21. The molecule has 7 nitrogen and oxygen atoms in total. The number of carbonyl (C=O) groups is 1. The maximum atomic E-state index is 13.5. The molecule has 20 heavy (non-hydrogen) atoms. The SMILES string of the molecule is CCNC(COc1cc(F)c([N+](=O)[O-])cc1F)C(N)=O. The molecular formula is C11H13F2N3O4. The number of hydrogen-bond donors (Lipinski definition) is 2. The molecule has 1 unspecified atom stereocenters. The van der Waals surface area contributed by atoms with Crippen molar-refractivity contribution < 1.29 is 23.2 Å². The molecule has 0 fully saturated rings. The zero-order valence-electron chi connectivity index (χ0n) is 10.6. The van der Waals surface area contributed by atoms with Crippen LogP contribution in [0.2, 0.25) is 0 Å². The second-order valence-electron chi connectivity index (χ2n) is 3.81. The van der Waals surface area contributed by atoms with Crippen LogP contribution in [0.4, 0.5) is 14.5 Å². The zero-order valence-corrected chi connectivity index (χ0v) is 10.6. The third-order valence-electron chi connectivity index (χ3n) is 2.40. The summed E-state index contributed by atoms with van der Waals surface area (Å²) >= 11 is 0. The molecule has 0 saturated carbocycles. The summed E-state index contributed by atoms with van der Waals surface area (Å²) in [5, 5.41) is 13.1. The maximum Gasteiger partial charge on any atom is 0.307 e. The first-order valence-electron chi connectivity index (χ1n) is 5.65. The molecule has 0 aliphatic rings. The number of amides is 1. The van der Waals surface area contributed by atoms with Crippen molar-refractivity contribution in [3.05, 3.63) is 33.9 Å². The van der Waals surface area contributed by atoms with Crippen molar-refractivity contribution in [2.45, 2.75) is 13.0 Å². The molecule has 1 aromatic rings. The summed E-state index contributed by atoms with van der Waals surface area (Å²) in [6, 6.07) is 0.0897. The predicted octanol–water partition coefficient (Wildman–Crippen LogP) is 0.715. The van der Waals surface area contributed by atoms with Crippen molar-refractivity contribution in [2.75, 3.05) is 13.2 Å². The van der Waals surface area contributed by atoms with Crippen LogP contribution in [-0.2, 0) is 4.79 Å². The number of nitrogens with two attached hydrogens (primary N) is 1. The molecule has 9 heteroatoms. The van der Waals surface area contributed by atoms with Crippen molar-refractivity contribution in [1.82, 2.24) is 5.32 Å². The summed E-state index contributed by atoms with van der Waals surface area (Å²) in [4.78, 5) is 20.4. The van der Waals surface area contributed by atoms with Crippen molar-refractivity contribution in [2.24, 2.45) is 5.73 Å². The first-order valence-corrected chi connectivity index (χ1v) is 5.65. The van der Waals surface area contributed by atoms with E-state index in [1.165, 1.54) is 0 Å². The van der Waals surface area contributed by atoms with E-state index < -0.39 is 39.9 Å². The number of likely N-dealkylation sites (N-methyl/N-ethyl adjacent to an activating group) is 1. The van der Waals surface area contributed by atoms with Crippen LogP contribution in [0, 0.1) is 21.7 Å². The molecule has 1 atom stereocenters. The molecule has 3 N–H and O–H groups in total. The molecule has 0 aromatic heterocycles. The molecule has 0 heterocycles. The van der Waals surface area contributed by atoms with Crippen LogP contribution in [0.25, 0.3) is 0 Å². The normalized spacial score (nSPS) is 11.9. The van der Waals surface area contributed by atoms with Gasteiger partial charge in [0.15, 0.2) is 11.6 Å². The van der Waals surface area contributed by atoms with E-state index in [0.29, 0.717) is 18.7 Å². The van der Waals surface area contributed by atoms with E-state index in [2.05, 4.69) is 5.32 Å². The highest BCUT2D eigenvalue weighted by molar-refractivity contribution is 5.80. The highest BCUT2D eigenvalue weighted by Crippen LogP contribution is 2.26. The number of halogens is 2. The quantitative estimate of drug-likeness (QED) is 0.568. The van der Waals surface area contributed by atoms with Crippen LogP contribution < -0.4 is 15.8 Å². The minimum Gasteiger partial charge on any atom is -0.488 e. The van der Waals surface area contributed by atoms with E-state index in [1.54, 1.807) is 6.92 Å². The fraction of sp³-hybridized carbons (Fsp3) is 0.364. The summed E-state index contributed by atoms with van der Waals surface area (Å²) < 4.78 is 31.7. The summed E-state index contributed by atoms with van der Waals surface area (Å²) in [6.45, 7) is 1.83. The lowest BCUT2D eigenvalue weighted by Crippen LogP contribution is -2.45. The highest BCUT2D eigenvalue weighted by atomic mass is 19.1. The van der Waals surface area contributed by atoms with Gasteiger partial charge in [0.2, 0.25) is 11.7 Å². The lowest BCUT2D eigenvalue weighted by Gasteiger charge is -2.15. The van der Waals surface area contributed by atoms with Crippen molar-refractivity contribution >= 4 is 11.6 Å². The molecular weight excluding hydrogens is 276 g/mol. The molecule has 0 radical (unpaired) electrons. The Hall–Kier alpha value is -2.29. The Kier molecular flexibility index (Phi) is 5.32. The van der Waals surface area contributed by atoms with Crippen molar-refractivity contribution in [3.8, 4) is 5.75 Å². The van der Waals surface area contributed by atoms with Gasteiger partial charge in [-0.15, -0.1) is 0 Å². The average molecular weight is 289 g/mol. The molecule has 0 spiro atoms. The average Bonchev–Trinajstić information content (AvgIpc) is 2.36. The monoisotopic (exact) mass is 289 g/mol. The summed E-state index contributed by atoms with van der Waals surface area (Å²) in [6.07, 6.45) is 0. The molecule has 1 rings (SSSR count). The van der Waals surface area contributed by atoms with Gasteiger partial charge in [0.25, 0.3) is 0 Å². The van der Waals surface area contributed by atoms with Crippen molar-refractivity contribution in [1.29, 1.82) is 0 Å². The van der Waals surface area contributed by atoms with Gasteiger partial charge in [0, 0.05) is 6.07 Å². The third kappa shape index (κ3) is 3.85. The van der Waals surface area contributed by atoms with E-state index in [-0.39, 0.29) is 6.61 Å². The van der Waals surface area contributed by atoms with Gasteiger partial charge in [-0.05, 0) is 6.54 Å². The first kappa shape index (κ1) is 15.8. The molecule has 0 aliphatic carbocycles. The van der Waals surface area contributed by atoms with Gasteiger partial charge in [-0.2, -0.15) is 4.39 Å². The van der Waals surface area contributed by atoms with Crippen LogP contribution in [-0.4, -0.2) is 30.0 Å². The number of ether oxygens (including phenoxy) is 1. The Bertz CT molecular complexity index is 525. The summed E-state index contributed by atoms with van der Waals surface area (Å²) in [7, 11) is 0. The number of rotatable bonds is 7. The number of nitrogens with one attached hydrogen (secondary N) is 1. The largest absolute Gasteiger partial charge is 0.488 e. The van der Waals surface area contributed by atoms with Crippen LogP contribution in [0.5, 0.6) is 5.75 Å². The van der Waals surface area contributed by atoms with E-state index in [0.717, 1.165) is 0 Å². The van der Waals surface area contributed by atoms with Gasteiger partial charge in [0.05, 0.1) is 11.0 Å². The number of nitrogens with zero attached hydrogens (tertiary/aromatic N) is 1. The van der Waals surface area contributed by atoms with E-state index in [9.17, 15) is 23.7 Å². The smallest absolute Gasteiger partial charge is 0.307 e. The van der Waals surface area contributed by atoms with E-state index in [4.69, 9.17) is 10.5 Å². The lowest BCUT2D eigenvalue weighted by molar-refractivity contribution is -0.387. The van der Waals surface area contributed by atoms with Crippen LogP contribution in [0.1, 0.15) is 6.92 Å². The predicted molar refractivity (Wildman–Crippen MR) is 65.2 cm³/mol. The number of benzene rings is 1. The second kappa shape index (κ2) is 6.75. The van der Waals surface area contributed by atoms with Crippen molar-refractivity contribution in [3.63, 3.8) is 0 Å². The maximum absolute atomic E-state index is 13.5. The molecule has 0 saturated heterocycles. The lowest BCUT2D eigenvalue weighted by atomic mass is 10.2. The molecule has 110 valence electrons. The first-order chi connectivity index (χ1) is 9.36. The minimum absolute atomic E-state index is 0.322. The van der Waals surface area contributed by atoms with Gasteiger partial charge in [-0.3, -0.25) is 14.9 Å². The Labute approximate surface area is 112 Å². The fourth-order valence-electron chi connectivity index (χ4n) is 1.43. The minimum atomic E-state index is -1.23. The molecule has 0 bridgehead atoms. The summed E-state index contributed by atoms with van der Waals surface area (Å²) in [5.41, 5.74) is 4.09. The standard InChI is InChI=1S/C11H13F2N3O4/c1-2-15-8(11(14)17)5-20-10-4-6(12)9(16(18)19)3-7(10)13/h3-4,8,15H,2,5H2,1H3,(H2,14,17). The molecule has 1 aromatic carbocycles. The van der Waals surface area contributed by atoms with E-state index >= 15 is 0 Å². The fourth-order valence-corrected chi connectivity index (χ4v) is 1.43. The van der Waals surface area contributed by atoms with E-state index in [1.807, 2.05) is 0 Å². The second-order valence-corrected chi connectivity index (χ2v) is 3.81. The number of nitro benzene ring substituents is 1. The number of nitro groups is 1. The van der Waals surface area contributed by atoms with Gasteiger partial charge in [0.1, 0.15) is 12.6 Å². The topological polar surface area (TPSA) is 107 Å². The number of carbonyl (C=O) groups excluding carboxylic acids is 1. The Morgan fingerprint density at radius 2 is 2.15 bits per heavy atom. The van der Waals surface area contributed by atoms with Crippen LogP contribution >= 0.6 is 0 Å². The Morgan fingerprint density at radius 3 is 2.65 bits per heavy atom. The number of primary amides is 1. The van der Waals surface area contributed by atoms with Gasteiger partial charge in [-0.25, -0.2) is 4.39 Å². The third-order valence-corrected chi connectivity index (χ3v) is 2.40. The Balaban J connectivity index is 2.85. The number of hydrogen-bond acceptors (Lipinski definition) is 5. The van der Waals surface area contributed by atoms with Gasteiger partial charge in [-0.1, -0.05) is 6.92 Å². The van der Waals surface area contributed by atoms with Crippen LogP contribution in [0.3, 0.4) is 0 Å². The summed E-state index contributed by atoms with van der Waals surface area (Å²) in [5.74, 6) is -3.57. The van der Waals surface area contributed by atoms with Gasteiger partial charge >= 0.3 is 5.69 Å². The van der Waals surface area contributed by atoms with Gasteiger partial charge < -0.3 is 15.8 Å². The Morgan fingerprint density at radius 1 is 1.50 bits per heavy atom.